The van der Waals surface area contributed by atoms with Crippen molar-refractivity contribution in [1.29, 1.82) is 0 Å². The number of carbonyl (C=O) groups is 1. The minimum Gasteiger partial charge on any atom is -0.466 e. The molecular formula is C24H30N4O5S. The molecule has 0 bridgehead atoms. The Morgan fingerprint density at radius 3 is 2.24 bits per heavy atom. The first-order chi connectivity index (χ1) is 16.1. The molecule has 1 N–H and O–H groups in total. The predicted molar refractivity (Wildman–Crippen MR) is 132 cm³/mol. The second-order valence-electron chi connectivity index (χ2n) is 8.69. The second-order valence-corrected chi connectivity index (χ2v) is 10.4. The zero-order valence-corrected chi connectivity index (χ0v) is 20.7. The van der Waals surface area contributed by atoms with Gasteiger partial charge in [-0.05, 0) is 51.0 Å². The first-order valence-electron chi connectivity index (χ1n) is 11.3. The molecule has 2 aromatic carbocycles. The van der Waals surface area contributed by atoms with E-state index in [1.54, 1.807) is 55.9 Å². The summed E-state index contributed by atoms with van der Waals surface area (Å²) in [6, 6.07) is 10.2. The van der Waals surface area contributed by atoms with Gasteiger partial charge in [-0.1, -0.05) is 17.7 Å². The van der Waals surface area contributed by atoms with Gasteiger partial charge in [0.15, 0.2) is 0 Å². The van der Waals surface area contributed by atoms with Crippen molar-refractivity contribution in [2.24, 2.45) is 20.0 Å². The van der Waals surface area contributed by atoms with Gasteiger partial charge in [0.2, 0.25) is 0 Å². The predicted octanol–water partition coefficient (Wildman–Crippen LogP) is 2.77. The van der Waals surface area contributed by atoms with Crippen molar-refractivity contribution in [3.63, 3.8) is 0 Å². The quantitative estimate of drug-likeness (QED) is 0.538. The van der Waals surface area contributed by atoms with Gasteiger partial charge >= 0.3 is 11.7 Å². The Kier molecular flexibility index (Phi) is 6.44. The Morgan fingerprint density at radius 2 is 1.65 bits per heavy atom. The number of nitrogens with zero attached hydrogens (tertiary/aromatic N) is 3. The fourth-order valence-electron chi connectivity index (χ4n) is 4.41. The average molecular weight is 487 g/mol. The summed E-state index contributed by atoms with van der Waals surface area (Å²) in [7, 11) is -0.500. The van der Waals surface area contributed by atoms with Gasteiger partial charge < -0.3 is 9.64 Å². The highest BCUT2D eigenvalue weighted by molar-refractivity contribution is 7.92. The van der Waals surface area contributed by atoms with E-state index in [-0.39, 0.29) is 22.5 Å². The number of hydrogen-bond donors (Lipinski definition) is 1. The van der Waals surface area contributed by atoms with Crippen LogP contribution in [0.3, 0.4) is 0 Å². The van der Waals surface area contributed by atoms with Crippen LogP contribution >= 0.6 is 0 Å². The third-order valence-corrected chi connectivity index (χ3v) is 7.80. The molecule has 34 heavy (non-hydrogen) atoms. The molecule has 4 rings (SSSR count). The monoisotopic (exact) mass is 486 g/mol. The normalized spacial score (nSPS) is 15.0. The summed E-state index contributed by atoms with van der Waals surface area (Å²) in [5, 5.41) is 0. The molecule has 9 nitrogen and oxygen atoms in total. The van der Waals surface area contributed by atoms with Crippen LogP contribution in [0.1, 0.15) is 25.3 Å². The summed E-state index contributed by atoms with van der Waals surface area (Å²) in [5.41, 5.74) is 3.16. The lowest BCUT2D eigenvalue weighted by Crippen LogP contribution is -2.37. The zero-order chi connectivity index (χ0) is 24.6. The number of anilines is 2. The van der Waals surface area contributed by atoms with Crippen LogP contribution in [0.4, 0.5) is 11.4 Å². The third-order valence-electron chi connectivity index (χ3n) is 6.42. The first-order valence-corrected chi connectivity index (χ1v) is 12.8. The summed E-state index contributed by atoms with van der Waals surface area (Å²) >= 11 is 0. The van der Waals surface area contributed by atoms with Crippen LogP contribution in [-0.2, 0) is 33.7 Å². The van der Waals surface area contributed by atoms with E-state index >= 15 is 0 Å². The summed E-state index contributed by atoms with van der Waals surface area (Å²) in [6.45, 7) is 5.16. The van der Waals surface area contributed by atoms with Gasteiger partial charge in [-0.3, -0.25) is 18.7 Å². The summed E-state index contributed by atoms with van der Waals surface area (Å²) in [6.07, 6.45) is 1.21. The number of esters is 1. The molecule has 1 aliphatic heterocycles. The molecular weight excluding hydrogens is 456 g/mol. The maximum absolute atomic E-state index is 13.2. The Morgan fingerprint density at radius 1 is 1.06 bits per heavy atom. The number of aromatic nitrogens is 2. The van der Waals surface area contributed by atoms with Crippen LogP contribution in [0, 0.1) is 12.8 Å². The second kappa shape index (κ2) is 9.17. The molecule has 1 saturated heterocycles. The molecule has 1 aromatic heterocycles. The van der Waals surface area contributed by atoms with E-state index in [1.165, 1.54) is 4.57 Å². The molecule has 1 aliphatic rings. The molecule has 0 spiro atoms. The summed E-state index contributed by atoms with van der Waals surface area (Å²) in [4.78, 5) is 26.9. The molecule has 0 radical (unpaired) electrons. The van der Waals surface area contributed by atoms with E-state index in [0.717, 1.165) is 5.56 Å². The van der Waals surface area contributed by atoms with Crippen LogP contribution in [0.5, 0.6) is 0 Å². The SMILES string of the molecule is CCOC(=O)C1CCN(c2cc3c(cc2NS(=O)(=O)c2ccc(C)cc2)n(C)c(=O)n3C)CC1. The van der Waals surface area contributed by atoms with E-state index in [0.29, 0.717) is 54.9 Å². The van der Waals surface area contributed by atoms with E-state index in [2.05, 4.69) is 9.62 Å². The largest absolute Gasteiger partial charge is 0.466 e. The van der Waals surface area contributed by atoms with Crippen LogP contribution in [0.25, 0.3) is 11.0 Å². The van der Waals surface area contributed by atoms with Crippen molar-refractivity contribution in [3.8, 4) is 0 Å². The minimum atomic E-state index is -3.85. The Balaban J connectivity index is 1.74. The molecule has 2 heterocycles. The number of fused-ring (bicyclic) bond motifs is 1. The van der Waals surface area contributed by atoms with Crippen molar-refractivity contribution in [1.82, 2.24) is 9.13 Å². The van der Waals surface area contributed by atoms with E-state index in [9.17, 15) is 18.0 Å². The molecule has 1 fully saturated rings. The number of nitrogens with one attached hydrogen (secondary N) is 1. The standard InChI is InChI=1S/C24H30N4O5S/c1-5-33-23(29)17-10-12-28(13-11-17)20-15-22-21(26(3)24(30)27(22)4)14-19(20)25-34(31,32)18-8-6-16(2)7-9-18/h6-9,14-15,17,25H,5,10-13H2,1-4H3. The number of aryl methyl sites for hydroxylation is 3. The van der Waals surface area contributed by atoms with Gasteiger partial charge in [-0.2, -0.15) is 0 Å². The lowest BCUT2D eigenvalue weighted by molar-refractivity contribution is -0.148. The van der Waals surface area contributed by atoms with Gasteiger partial charge in [-0.15, -0.1) is 0 Å². The van der Waals surface area contributed by atoms with Gasteiger partial charge in [0, 0.05) is 27.2 Å². The van der Waals surface area contributed by atoms with Gasteiger partial charge in [0.1, 0.15) is 0 Å². The number of sulfonamides is 1. The molecule has 0 saturated carbocycles. The zero-order valence-electron chi connectivity index (χ0n) is 19.9. The van der Waals surface area contributed by atoms with Crippen LogP contribution in [0.2, 0.25) is 0 Å². The van der Waals surface area contributed by atoms with E-state index in [4.69, 9.17) is 4.74 Å². The third kappa shape index (κ3) is 4.42. The number of carbonyl (C=O) groups excluding carboxylic acids is 1. The van der Waals surface area contributed by atoms with Crippen molar-refractivity contribution in [3.05, 3.63) is 52.4 Å². The Hall–Kier alpha value is -3.27. The van der Waals surface area contributed by atoms with Gasteiger partial charge in [0.25, 0.3) is 10.0 Å². The maximum atomic E-state index is 13.2. The molecule has 0 aliphatic carbocycles. The number of piperidine rings is 1. The highest BCUT2D eigenvalue weighted by Crippen LogP contribution is 2.35. The highest BCUT2D eigenvalue weighted by Gasteiger charge is 2.28. The van der Waals surface area contributed by atoms with Crippen molar-refractivity contribution in [2.75, 3.05) is 29.3 Å². The number of rotatable bonds is 6. The smallest absolute Gasteiger partial charge is 0.328 e. The molecule has 10 heteroatoms. The number of benzene rings is 2. The fraction of sp³-hybridized carbons (Fsp3) is 0.417. The van der Waals surface area contributed by atoms with Gasteiger partial charge in [-0.25, -0.2) is 13.2 Å². The van der Waals surface area contributed by atoms with Crippen LogP contribution in [-0.4, -0.2) is 43.2 Å². The molecule has 0 amide bonds. The summed E-state index contributed by atoms with van der Waals surface area (Å²) in [5.74, 6) is -0.364. The molecule has 0 atom stereocenters. The number of ether oxygens (including phenoxy) is 1. The van der Waals surface area contributed by atoms with Crippen molar-refractivity contribution in [2.45, 2.75) is 31.6 Å². The molecule has 3 aromatic rings. The average Bonchev–Trinajstić information content (AvgIpc) is 3.02. The van der Waals surface area contributed by atoms with E-state index in [1.807, 2.05) is 13.0 Å². The lowest BCUT2D eigenvalue weighted by Gasteiger charge is -2.34. The van der Waals surface area contributed by atoms with Crippen LogP contribution < -0.4 is 15.3 Å². The van der Waals surface area contributed by atoms with Crippen molar-refractivity contribution >= 4 is 38.4 Å². The molecule has 182 valence electrons. The number of hydrogen-bond acceptors (Lipinski definition) is 6. The number of imidazole rings is 1. The van der Waals surface area contributed by atoms with Gasteiger partial charge in [0.05, 0.1) is 39.8 Å². The topological polar surface area (TPSA) is 103 Å². The first kappa shape index (κ1) is 23.9. The van der Waals surface area contributed by atoms with Crippen molar-refractivity contribution < 1.29 is 17.9 Å². The molecule has 0 unspecified atom stereocenters. The Labute approximate surface area is 199 Å². The lowest BCUT2D eigenvalue weighted by atomic mass is 9.96. The Bertz CT molecular complexity index is 1380. The van der Waals surface area contributed by atoms with Crippen LogP contribution in [0.15, 0.2) is 46.1 Å². The minimum absolute atomic E-state index is 0.159. The summed E-state index contributed by atoms with van der Waals surface area (Å²) < 4.78 is 37.3. The van der Waals surface area contributed by atoms with E-state index < -0.39 is 10.0 Å². The highest BCUT2D eigenvalue weighted by atomic mass is 32.2. The maximum Gasteiger partial charge on any atom is 0.328 e. The fourth-order valence-corrected chi connectivity index (χ4v) is 5.48.